The average Bonchev–Trinajstić information content (AvgIpc) is 2.35. The van der Waals surface area contributed by atoms with Crippen LogP contribution >= 0.6 is 11.8 Å². The van der Waals surface area contributed by atoms with Gasteiger partial charge < -0.3 is 15.8 Å². The number of anilines is 2. The molecule has 0 fully saturated rings. The summed E-state index contributed by atoms with van der Waals surface area (Å²) in [6, 6.07) is 5.84. The summed E-state index contributed by atoms with van der Waals surface area (Å²) in [4.78, 5) is 0. The molecule has 1 aromatic rings. The van der Waals surface area contributed by atoms with E-state index < -0.39 is 0 Å². The third-order valence-corrected chi connectivity index (χ3v) is 3.44. The van der Waals surface area contributed by atoms with Crippen molar-refractivity contribution in [1.82, 2.24) is 0 Å². The third-order valence-electron chi connectivity index (χ3n) is 2.47. The van der Waals surface area contributed by atoms with Crippen molar-refractivity contribution in [3.05, 3.63) is 18.2 Å². The number of nitrogens with one attached hydrogen (secondary N) is 1. The van der Waals surface area contributed by atoms with Crippen LogP contribution in [0.2, 0.25) is 0 Å². The van der Waals surface area contributed by atoms with E-state index in [-0.39, 0.29) is 0 Å². The van der Waals surface area contributed by atoms with E-state index in [0.29, 0.717) is 17.5 Å². The highest BCUT2D eigenvalue weighted by atomic mass is 32.2. The van der Waals surface area contributed by atoms with Gasteiger partial charge in [-0.05, 0) is 24.8 Å². The lowest BCUT2D eigenvalue weighted by Gasteiger charge is -2.13. The third kappa shape index (κ3) is 4.77. The van der Waals surface area contributed by atoms with Crippen molar-refractivity contribution in [3.63, 3.8) is 0 Å². The van der Waals surface area contributed by atoms with E-state index in [1.807, 2.05) is 30.0 Å². The van der Waals surface area contributed by atoms with Gasteiger partial charge in [-0.15, -0.1) is 0 Å². The molecule has 17 heavy (non-hydrogen) atoms. The summed E-state index contributed by atoms with van der Waals surface area (Å²) in [5.74, 6) is 0.772. The molecule has 0 spiro atoms. The molecule has 0 amide bonds. The molecule has 0 heterocycles. The molecule has 0 aliphatic rings. The summed E-state index contributed by atoms with van der Waals surface area (Å²) in [7, 11) is 0. The maximum absolute atomic E-state index is 5.86. The van der Waals surface area contributed by atoms with Crippen molar-refractivity contribution in [2.24, 2.45) is 0 Å². The van der Waals surface area contributed by atoms with Crippen molar-refractivity contribution in [1.29, 1.82) is 0 Å². The van der Waals surface area contributed by atoms with Gasteiger partial charge in [-0.2, -0.15) is 11.8 Å². The predicted molar refractivity (Wildman–Crippen MR) is 78.1 cm³/mol. The zero-order valence-electron chi connectivity index (χ0n) is 10.8. The van der Waals surface area contributed by atoms with Gasteiger partial charge in [0.15, 0.2) is 0 Å². The second-order valence-electron chi connectivity index (χ2n) is 4.03. The van der Waals surface area contributed by atoms with Gasteiger partial charge in [0.05, 0.1) is 12.3 Å². The molecule has 3 N–H and O–H groups in total. The molecule has 0 saturated carbocycles. The number of rotatable bonds is 7. The molecule has 1 aromatic carbocycles. The van der Waals surface area contributed by atoms with E-state index in [2.05, 4.69) is 25.4 Å². The van der Waals surface area contributed by atoms with Crippen LogP contribution < -0.4 is 15.8 Å². The molecule has 96 valence electrons. The fraction of sp³-hybridized carbons (Fsp3) is 0.538. The van der Waals surface area contributed by atoms with Crippen molar-refractivity contribution in [2.75, 3.05) is 30.5 Å². The lowest BCUT2D eigenvalue weighted by molar-refractivity contribution is 0.319. The van der Waals surface area contributed by atoms with E-state index in [0.717, 1.165) is 24.4 Å². The van der Waals surface area contributed by atoms with Crippen LogP contribution in [0, 0.1) is 0 Å². The number of hydrogen-bond acceptors (Lipinski definition) is 4. The highest BCUT2D eigenvalue weighted by Gasteiger charge is 2.03. The Morgan fingerprint density at radius 2 is 2.24 bits per heavy atom. The minimum Gasteiger partial charge on any atom is -0.491 e. The fourth-order valence-electron chi connectivity index (χ4n) is 1.33. The normalized spacial score (nSPS) is 12.2. The molecule has 1 rings (SSSR count). The van der Waals surface area contributed by atoms with Gasteiger partial charge in [0.1, 0.15) is 5.75 Å². The zero-order valence-corrected chi connectivity index (χ0v) is 11.6. The summed E-state index contributed by atoms with van der Waals surface area (Å²) in [5, 5.41) is 3.97. The van der Waals surface area contributed by atoms with Crippen molar-refractivity contribution in [3.8, 4) is 5.75 Å². The quantitative estimate of drug-likeness (QED) is 0.733. The largest absolute Gasteiger partial charge is 0.491 e. The van der Waals surface area contributed by atoms with E-state index >= 15 is 0 Å². The molecule has 3 nitrogen and oxygen atoms in total. The number of ether oxygens (including phenoxy) is 1. The zero-order chi connectivity index (χ0) is 12.7. The lowest BCUT2D eigenvalue weighted by Crippen LogP contribution is -2.12. The summed E-state index contributed by atoms with van der Waals surface area (Å²) >= 11 is 1.85. The van der Waals surface area contributed by atoms with Crippen LogP contribution in [-0.2, 0) is 0 Å². The second kappa shape index (κ2) is 7.33. The van der Waals surface area contributed by atoms with Crippen molar-refractivity contribution < 1.29 is 4.74 Å². The Hall–Kier alpha value is -1.03. The van der Waals surface area contributed by atoms with Gasteiger partial charge in [0.2, 0.25) is 0 Å². The first-order valence-corrected chi connectivity index (χ1v) is 7.25. The van der Waals surface area contributed by atoms with Gasteiger partial charge in [-0.1, -0.05) is 13.8 Å². The minimum atomic E-state index is 0.590. The van der Waals surface area contributed by atoms with Gasteiger partial charge in [0, 0.05) is 23.5 Å². The molecule has 4 heteroatoms. The number of benzene rings is 1. The van der Waals surface area contributed by atoms with E-state index in [4.69, 9.17) is 10.5 Å². The monoisotopic (exact) mass is 254 g/mol. The van der Waals surface area contributed by atoms with Crippen LogP contribution in [0.4, 0.5) is 11.4 Å². The summed E-state index contributed by atoms with van der Waals surface area (Å²) in [5.41, 5.74) is 7.61. The van der Waals surface area contributed by atoms with Crippen molar-refractivity contribution in [2.45, 2.75) is 25.5 Å². The van der Waals surface area contributed by atoms with Gasteiger partial charge in [0.25, 0.3) is 0 Å². The smallest absolute Gasteiger partial charge is 0.144 e. The molecule has 1 atom stereocenters. The number of thioether (sulfide) groups is 1. The maximum atomic E-state index is 5.86. The molecule has 0 aliphatic carbocycles. The molecule has 0 aromatic heterocycles. The van der Waals surface area contributed by atoms with Crippen molar-refractivity contribution >= 4 is 23.1 Å². The molecular weight excluding hydrogens is 232 g/mol. The van der Waals surface area contributed by atoms with E-state index in [1.165, 1.54) is 0 Å². The van der Waals surface area contributed by atoms with Crippen LogP contribution in [0.3, 0.4) is 0 Å². The molecular formula is C13H22N2OS. The van der Waals surface area contributed by atoms with Crippen LogP contribution in [0.25, 0.3) is 0 Å². The minimum absolute atomic E-state index is 0.590. The number of nitrogens with two attached hydrogens (primary N) is 1. The maximum Gasteiger partial charge on any atom is 0.144 e. The highest BCUT2D eigenvalue weighted by molar-refractivity contribution is 7.99. The summed E-state index contributed by atoms with van der Waals surface area (Å²) < 4.78 is 5.59. The van der Waals surface area contributed by atoms with E-state index in [1.54, 1.807) is 0 Å². The lowest BCUT2D eigenvalue weighted by atomic mass is 10.2. The Morgan fingerprint density at radius 1 is 1.47 bits per heavy atom. The second-order valence-corrected chi connectivity index (χ2v) is 5.30. The fourth-order valence-corrected chi connectivity index (χ4v) is 1.58. The molecule has 0 aliphatic heterocycles. The first-order valence-electron chi connectivity index (χ1n) is 5.96. The highest BCUT2D eigenvalue weighted by Crippen LogP contribution is 2.25. The standard InChI is InChI=1S/C13H22N2OS/c1-4-7-16-13-8-11(5-6-12(13)14)15-9-10(2)17-3/h5-6,8,10,15H,4,7,9,14H2,1-3H3. The van der Waals surface area contributed by atoms with Gasteiger partial charge in [-0.3, -0.25) is 0 Å². The molecule has 0 saturated heterocycles. The molecule has 0 bridgehead atoms. The Morgan fingerprint density at radius 3 is 2.88 bits per heavy atom. The summed E-state index contributed by atoms with van der Waals surface area (Å²) in [6.07, 6.45) is 3.10. The number of hydrogen-bond donors (Lipinski definition) is 2. The van der Waals surface area contributed by atoms with Gasteiger partial charge in [-0.25, -0.2) is 0 Å². The molecule has 0 radical (unpaired) electrons. The van der Waals surface area contributed by atoms with Crippen LogP contribution in [0.5, 0.6) is 5.75 Å². The van der Waals surface area contributed by atoms with Crippen LogP contribution in [-0.4, -0.2) is 24.7 Å². The Balaban J connectivity index is 2.61. The average molecular weight is 254 g/mol. The van der Waals surface area contributed by atoms with E-state index in [9.17, 15) is 0 Å². The first kappa shape index (κ1) is 14.0. The first-order chi connectivity index (χ1) is 8.17. The number of nitrogen functional groups attached to an aromatic ring is 1. The van der Waals surface area contributed by atoms with Crippen LogP contribution in [0.1, 0.15) is 20.3 Å². The van der Waals surface area contributed by atoms with Gasteiger partial charge >= 0.3 is 0 Å². The Kier molecular flexibility index (Phi) is 6.05. The Bertz CT molecular complexity index is 344. The summed E-state index contributed by atoms with van der Waals surface area (Å²) in [6.45, 7) is 5.93. The molecule has 1 unspecified atom stereocenters. The SMILES string of the molecule is CCCOc1cc(NCC(C)SC)ccc1N. The predicted octanol–water partition coefficient (Wildman–Crippen LogP) is 3.22. The topological polar surface area (TPSA) is 47.3 Å². The Labute approximate surface area is 108 Å². The van der Waals surface area contributed by atoms with Crippen LogP contribution in [0.15, 0.2) is 18.2 Å².